The molecule has 1 aromatic rings. The number of halogens is 2. The molecule has 2 nitrogen and oxygen atoms in total. The number of nitrogens with one attached hydrogen (secondary N) is 1. The molecule has 18 heavy (non-hydrogen) atoms. The van der Waals surface area contributed by atoms with E-state index in [9.17, 15) is 0 Å². The minimum atomic E-state index is 0.0553. The van der Waals surface area contributed by atoms with Crippen LogP contribution < -0.4 is 11.1 Å². The highest BCUT2D eigenvalue weighted by atomic mass is 79.9. The Kier molecular flexibility index (Phi) is 4.57. The molecule has 0 heterocycles. The Labute approximate surface area is 122 Å². The van der Waals surface area contributed by atoms with Crippen molar-refractivity contribution in [3.8, 4) is 0 Å². The molecule has 1 saturated carbocycles. The molecule has 0 aromatic heterocycles. The molecule has 1 aromatic carbocycles. The van der Waals surface area contributed by atoms with Crippen LogP contribution in [0.3, 0.4) is 0 Å². The summed E-state index contributed by atoms with van der Waals surface area (Å²) in [7, 11) is 0. The standard InChI is InChI=1S/C14H20BrClN2/c1-10-4-6-14(9-17,7-5-10)18-11-2-3-13(16)12(15)8-11/h2-3,8,10,18H,4-7,9,17H2,1H3. The summed E-state index contributed by atoms with van der Waals surface area (Å²) in [5.41, 5.74) is 7.14. The number of anilines is 1. The second-order valence-corrected chi connectivity index (χ2v) is 6.68. The minimum Gasteiger partial charge on any atom is -0.378 e. The predicted molar refractivity (Wildman–Crippen MR) is 82.2 cm³/mol. The molecule has 0 spiro atoms. The van der Waals surface area contributed by atoms with Crippen LogP contribution in [0.2, 0.25) is 5.02 Å². The molecule has 1 aliphatic rings. The van der Waals surface area contributed by atoms with Crippen molar-refractivity contribution in [2.75, 3.05) is 11.9 Å². The number of hydrogen-bond acceptors (Lipinski definition) is 2. The molecule has 1 fully saturated rings. The summed E-state index contributed by atoms with van der Waals surface area (Å²) in [5.74, 6) is 0.823. The number of nitrogens with two attached hydrogens (primary N) is 1. The summed E-state index contributed by atoms with van der Waals surface area (Å²) in [6, 6.07) is 5.95. The highest BCUT2D eigenvalue weighted by Gasteiger charge is 2.32. The van der Waals surface area contributed by atoms with Crippen molar-refractivity contribution in [2.45, 2.75) is 38.1 Å². The minimum absolute atomic E-state index is 0.0553. The number of rotatable bonds is 3. The summed E-state index contributed by atoms with van der Waals surface area (Å²) in [5, 5.41) is 4.35. The Balaban J connectivity index is 2.12. The third-order valence-corrected chi connectivity index (χ3v) is 5.17. The molecule has 0 saturated heterocycles. The molecule has 0 unspecified atom stereocenters. The van der Waals surface area contributed by atoms with Gasteiger partial charge in [0.15, 0.2) is 0 Å². The third-order valence-electron chi connectivity index (χ3n) is 3.95. The fourth-order valence-electron chi connectivity index (χ4n) is 2.57. The zero-order valence-electron chi connectivity index (χ0n) is 10.7. The van der Waals surface area contributed by atoms with Crippen molar-refractivity contribution in [2.24, 2.45) is 11.7 Å². The van der Waals surface area contributed by atoms with E-state index in [-0.39, 0.29) is 5.54 Å². The normalized spacial score (nSPS) is 28.1. The van der Waals surface area contributed by atoms with E-state index in [4.69, 9.17) is 17.3 Å². The van der Waals surface area contributed by atoms with E-state index in [1.54, 1.807) is 0 Å². The van der Waals surface area contributed by atoms with Gasteiger partial charge in [0, 0.05) is 22.2 Å². The summed E-state index contributed by atoms with van der Waals surface area (Å²) in [6.07, 6.45) is 4.79. The van der Waals surface area contributed by atoms with Crippen molar-refractivity contribution in [3.63, 3.8) is 0 Å². The average molecular weight is 332 g/mol. The van der Waals surface area contributed by atoms with Crippen molar-refractivity contribution in [1.29, 1.82) is 0 Å². The Morgan fingerprint density at radius 2 is 2.11 bits per heavy atom. The van der Waals surface area contributed by atoms with Crippen LogP contribution in [0.25, 0.3) is 0 Å². The van der Waals surface area contributed by atoms with Crippen molar-refractivity contribution >= 4 is 33.2 Å². The quantitative estimate of drug-likeness (QED) is 0.860. The lowest BCUT2D eigenvalue weighted by Crippen LogP contribution is -2.48. The van der Waals surface area contributed by atoms with Crippen LogP contribution in [-0.2, 0) is 0 Å². The molecule has 0 bridgehead atoms. The van der Waals surface area contributed by atoms with Gasteiger partial charge in [0.1, 0.15) is 0 Å². The monoisotopic (exact) mass is 330 g/mol. The van der Waals surface area contributed by atoms with Crippen molar-refractivity contribution in [1.82, 2.24) is 0 Å². The molecule has 2 rings (SSSR count). The van der Waals surface area contributed by atoms with E-state index in [1.165, 1.54) is 12.8 Å². The number of hydrogen-bond donors (Lipinski definition) is 2. The highest BCUT2D eigenvalue weighted by Crippen LogP contribution is 2.35. The molecule has 4 heteroatoms. The lowest BCUT2D eigenvalue weighted by Gasteiger charge is -2.40. The smallest absolute Gasteiger partial charge is 0.0549 e. The first kappa shape index (κ1) is 14.2. The van der Waals surface area contributed by atoms with Gasteiger partial charge in [-0.05, 0) is 65.7 Å². The van der Waals surface area contributed by atoms with Crippen molar-refractivity contribution in [3.05, 3.63) is 27.7 Å². The lowest BCUT2D eigenvalue weighted by atomic mass is 9.77. The Morgan fingerprint density at radius 1 is 1.44 bits per heavy atom. The first-order valence-corrected chi connectivity index (χ1v) is 7.65. The molecule has 0 atom stereocenters. The van der Waals surface area contributed by atoms with Gasteiger partial charge in [-0.2, -0.15) is 0 Å². The van der Waals surface area contributed by atoms with Gasteiger partial charge in [0.2, 0.25) is 0 Å². The zero-order chi connectivity index (χ0) is 13.2. The van der Waals surface area contributed by atoms with Crippen LogP contribution >= 0.6 is 27.5 Å². The molecular formula is C14H20BrClN2. The van der Waals surface area contributed by atoms with Gasteiger partial charge in [0.25, 0.3) is 0 Å². The average Bonchev–Trinajstić information content (AvgIpc) is 2.37. The first-order chi connectivity index (χ1) is 8.54. The largest absolute Gasteiger partial charge is 0.378 e. The van der Waals surface area contributed by atoms with Crippen LogP contribution in [0, 0.1) is 5.92 Å². The Morgan fingerprint density at radius 3 is 2.67 bits per heavy atom. The van der Waals surface area contributed by atoms with Crippen LogP contribution in [0.5, 0.6) is 0 Å². The van der Waals surface area contributed by atoms with E-state index in [1.807, 2.05) is 18.2 Å². The highest BCUT2D eigenvalue weighted by molar-refractivity contribution is 9.10. The predicted octanol–water partition coefficient (Wildman–Crippen LogP) is 4.42. The van der Waals surface area contributed by atoms with Gasteiger partial charge in [-0.3, -0.25) is 0 Å². The lowest BCUT2D eigenvalue weighted by molar-refractivity contribution is 0.272. The second-order valence-electron chi connectivity index (χ2n) is 5.42. The summed E-state index contributed by atoms with van der Waals surface area (Å²) in [6.45, 7) is 3.00. The Bertz CT molecular complexity index is 414. The van der Waals surface area contributed by atoms with E-state index >= 15 is 0 Å². The van der Waals surface area contributed by atoms with Gasteiger partial charge in [-0.1, -0.05) is 18.5 Å². The second kappa shape index (κ2) is 5.81. The van der Waals surface area contributed by atoms with Gasteiger partial charge in [0.05, 0.1) is 5.02 Å². The van der Waals surface area contributed by atoms with Crippen LogP contribution in [0.15, 0.2) is 22.7 Å². The van der Waals surface area contributed by atoms with E-state index in [0.29, 0.717) is 6.54 Å². The SMILES string of the molecule is CC1CCC(CN)(Nc2ccc(Cl)c(Br)c2)CC1. The maximum Gasteiger partial charge on any atom is 0.0549 e. The maximum absolute atomic E-state index is 6.01. The topological polar surface area (TPSA) is 38.0 Å². The maximum atomic E-state index is 6.01. The van der Waals surface area contributed by atoms with Gasteiger partial charge >= 0.3 is 0 Å². The van der Waals surface area contributed by atoms with Gasteiger partial charge in [-0.15, -0.1) is 0 Å². The molecule has 0 amide bonds. The van der Waals surface area contributed by atoms with Crippen LogP contribution in [0.1, 0.15) is 32.6 Å². The number of benzene rings is 1. The molecular weight excluding hydrogens is 312 g/mol. The van der Waals surface area contributed by atoms with Gasteiger partial charge < -0.3 is 11.1 Å². The first-order valence-electron chi connectivity index (χ1n) is 6.48. The van der Waals surface area contributed by atoms with E-state index in [2.05, 4.69) is 28.2 Å². The molecule has 3 N–H and O–H groups in total. The fraction of sp³-hybridized carbons (Fsp3) is 0.571. The molecule has 100 valence electrons. The summed E-state index contributed by atoms with van der Waals surface area (Å²) >= 11 is 9.47. The third kappa shape index (κ3) is 3.19. The summed E-state index contributed by atoms with van der Waals surface area (Å²) < 4.78 is 0.922. The van der Waals surface area contributed by atoms with Crippen LogP contribution in [-0.4, -0.2) is 12.1 Å². The molecule has 0 radical (unpaired) electrons. The summed E-state index contributed by atoms with van der Waals surface area (Å²) in [4.78, 5) is 0. The van der Waals surface area contributed by atoms with Gasteiger partial charge in [-0.25, -0.2) is 0 Å². The molecule has 0 aliphatic heterocycles. The van der Waals surface area contributed by atoms with Crippen LogP contribution in [0.4, 0.5) is 5.69 Å². The van der Waals surface area contributed by atoms with Crippen molar-refractivity contribution < 1.29 is 0 Å². The Hall–Kier alpha value is -0.250. The van der Waals surface area contributed by atoms with E-state index < -0.39 is 0 Å². The van der Waals surface area contributed by atoms with E-state index in [0.717, 1.165) is 33.9 Å². The fourth-order valence-corrected chi connectivity index (χ4v) is 3.07. The zero-order valence-corrected chi connectivity index (χ0v) is 13.0. The molecule has 1 aliphatic carbocycles.